The number of amides is 1. The molecule has 0 saturated carbocycles. The first-order valence-corrected chi connectivity index (χ1v) is 13.3. The van der Waals surface area contributed by atoms with Crippen molar-refractivity contribution in [3.8, 4) is 5.75 Å². The van der Waals surface area contributed by atoms with Gasteiger partial charge < -0.3 is 15.0 Å². The normalized spacial score (nSPS) is 23.0. The molecular weight excluding hydrogens is 444 g/mol. The summed E-state index contributed by atoms with van der Waals surface area (Å²) in [6, 6.07) is 25.0. The van der Waals surface area contributed by atoms with Crippen molar-refractivity contribution >= 4 is 11.6 Å². The fraction of sp³-hybridized carbons (Fsp3) is 0.344. The van der Waals surface area contributed by atoms with Gasteiger partial charge in [0.25, 0.3) is 5.91 Å². The number of nitrogens with zero attached hydrogens (tertiary/aromatic N) is 1. The monoisotopic (exact) mass is 478 g/mol. The molecular formula is C32H34N2O2. The molecule has 6 rings (SSSR count). The third-order valence-electron chi connectivity index (χ3n) is 8.19. The average molecular weight is 479 g/mol. The molecule has 0 bridgehead atoms. The van der Waals surface area contributed by atoms with E-state index in [9.17, 15) is 4.79 Å². The molecule has 2 aliphatic heterocycles. The molecule has 1 fully saturated rings. The van der Waals surface area contributed by atoms with Gasteiger partial charge in [-0.25, -0.2) is 0 Å². The van der Waals surface area contributed by atoms with Crippen LogP contribution in [0.25, 0.3) is 0 Å². The fourth-order valence-electron chi connectivity index (χ4n) is 6.09. The van der Waals surface area contributed by atoms with Crippen LogP contribution in [-0.4, -0.2) is 23.9 Å². The lowest BCUT2D eigenvalue weighted by Crippen LogP contribution is -2.39. The molecule has 36 heavy (non-hydrogen) atoms. The molecule has 1 N–H and O–H groups in total. The number of para-hydroxylation sites is 2. The first-order chi connectivity index (χ1) is 17.7. The highest BCUT2D eigenvalue weighted by Gasteiger charge is 2.40. The van der Waals surface area contributed by atoms with Gasteiger partial charge >= 0.3 is 0 Å². The van der Waals surface area contributed by atoms with Gasteiger partial charge in [0.1, 0.15) is 12.4 Å². The lowest BCUT2D eigenvalue weighted by Gasteiger charge is -2.39. The zero-order valence-electron chi connectivity index (χ0n) is 20.9. The summed E-state index contributed by atoms with van der Waals surface area (Å²) in [5.74, 6) is 2.43. The number of fused-ring (bicyclic) bond motifs is 3. The maximum atomic E-state index is 13.7. The van der Waals surface area contributed by atoms with Gasteiger partial charge in [-0.2, -0.15) is 0 Å². The van der Waals surface area contributed by atoms with Crippen molar-refractivity contribution in [3.05, 3.63) is 107 Å². The lowest BCUT2D eigenvalue weighted by atomic mass is 9.76. The van der Waals surface area contributed by atoms with Crippen molar-refractivity contribution in [3.63, 3.8) is 0 Å². The number of anilines is 1. The van der Waals surface area contributed by atoms with Crippen LogP contribution < -0.4 is 10.1 Å². The van der Waals surface area contributed by atoms with E-state index in [1.54, 1.807) is 0 Å². The average Bonchev–Trinajstić information content (AvgIpc) is 3.42. The molecule has 3 atom stereocenters. The molecule has 2 heterocycles. The summed E-state index contributed by atoms with van der Waals surface area (Å²) in [5, 5.41) is 3.85. The minimum Gasteiger partial charge on any atom is -0.489 e. The summed E-state index contributed by atoms with van der Waals surface area (Å²) < 4.78 is 6.36. The van der Waals surface area contributed by atoms with Gasteiger partial charge in [-0.1, -0.05) is 79.7 Å². The highest BCUT2D eigenvalue weighted by atomic mass is 16.5. The Morgan fingerprint density at radius 3 is 2.53 bits per heavy atom. The minimum atomic E-state index is 0.0693. The third kappa shape index (κ3) is 4.30. The van der Waals surface area contributed by atoms with Crippen LogP contribution in [0.1, 0.15) is 65.2 Å². The predicted molar refractivity (Wildman–Crippen MR) is 144 cm³/mol. The first-order valence-electron chi connectivity index (χ1n) is 13.3. The second-order valence-electron chi connectivity index (χ2n) is 10.5. The molecule has 0 spiro atoms. The van der Waals surface area contributed by atoms with E-state index in [1.807, 2.05) is 35.2 Å². The second-order valence-corrected chi connectivity index (χ2v) is 10.5. The Morgan fingerprint density at radius 2 is 1.69 bits per heavy atom. The van der Waals surface area contributed by atoms with Crippen LogP contribution >= 0.6 is 0 Å². The Hall–Kier alpha value is -3.53. The van der Waals surface area contributed by atoms with E-state index >= 15 is 0 Å². The molecule has 4 nitrogen and oxygen atoms in total. The number of piperidine rings is 1. The quantitative estimate of drug-likeness (QED) is 0.403. The van der Waals surface area contributed by atoms with Gasteiger partial charge in [0.2, 0.25) is 0 Å². The van der Waals surface area contributed by atoms with Crippen LogP contribution in [0.3, 0.4) is 0 Å². The number of likely N-dealkylation sites (tertiary alicyclic amines) is 1. The Morgan fingerprint density at radius 1 is 0.944 bits per heavy atom. The molecule has 3 aliphatic rings. The van der Waals surface area contributed by atoms with Gasteiger partial charge in [-0.3, -0.25) is 4.79 Å². The van der Waals surface area contributed by atoms with Crippen molar-refractivity contribution in [1.82, 2.24) is 4.90 Å². The number of nitrogens with one attached hydrogen (secondary N) is 1. The maximum Gasteiger partial charge on any atom is 0.255 e. The van der Waals surface area contributed by atoms with E-state index in [-0.39, 0.29) is 11.9 Å². The van der Waals surface area contributed by atoms with Gasteiger partial charge in [0, 0.05) is 24.6 Å². The molecule has 3 aromatic rings. The fourth-order valence-corrected chi connectivity index (χ4v) is 6.09. The molecule has 1 amide bonds. The van der Waals surface area contributed by atoms with Crippen molar-refractivity contribution in [2.45, 2.75) is 44.8 Å². The Kier molecular flexibility index (Phi) is 6.27. The Labute approximate surface area is 214 Å². The van der Waals surface area contributed by atoms with Crippen molar-refractivity contribution in [1.29, 1.82) is 0 Å². The smallest absolute Gasteiger partial charge is 0.255 e. The highest BCUT2D eigenvalue weighted by Crippen LogP contribution is 2.52. The van der Waals surface area contributed by atoms with Crippen molar-refractivity contribution < 1.29 is 9.53 Å². The number of carbonyl (C=O) groups excluding carboxylic acids is 1. The molecule has 3 aromatic carbocycles. The molecule has 184 valence electrons. The summed E-state index contributed by atoms with van der Waals surface area (Å²) in [6.07, 6.45) is 7.80. The maximum absolute atomic E-state index is 13.7. The van der Waals surface area contributed by atoms with Gasteiger partial charge in [-0.15, -0.1) is 0 Å². The standard InChI is InChI=1S/C32H34N2O2/c1-22-17-19-34(20-18-22)32(35)28-15-8-14-26-24-12-7-13-25(24)30(33-31(26)28)27-11-5-6-16-29(27)36-21-23-9-3-2-4-10-23/h2-12,14-16,22,24-25,30,33H,13,17-21H2,1H3. The number of allylic oxidation sites excluding steroid dienone is 2. The van der Waals surface area contributed by atoms with E-state index in [4.69, 9.17) is 4.74 Å². The Balaban J connectivity index is 1.33. The molecule has 1 saturated heterocycles. The number of ether oxygens (including phenoxy) is 1. The van der Waals surface area contributed by atoms with Crippen LogP contribution in [0.15, 0.2) is 84.9 Å². The highest BCUT2D eigenvalue weighted by molar-refractivity contribution is 6.01. The molecule has 3 unspecified atom stereocenters. The zero-order chi connectivity index (χ0) is 24.5. The SMILES string of the molecule is CC1CCN(C(=O)c2cccc3c2NC(c2ccccc2OCc2ccccc2)C2CC=CC32)CC1. The predicted octanol–water partition coefficient (Wildman–Crippen LogP) is 6.96. The summed E-state index contributed by atoms with van der Waals surface area (Å²) in [7, 11) is 0. The summed E-state index contributed by atoms with van der Waals surface area (Å²) in [6.45, 7) is 4.50. The number of carbonyl (C=O) groups is 1. The van der Waals surface area contributed by atoms with Crippen LogP contribution in [0.2, 0.25) is 0 Å². The van der Waals surface area contributed by atoms with E-state index < -0.39 is 0 Å². The molecule has 0 aromatic heterocycles. The zero-order valence-corrected chi connectivity index (χ0v) is 20.9. The minimum absolute atomic E-state index is 0.0693. The van der Waals surface area contributed by atoms with Crippen LogP contribution in [-0.2, 0) is 6.61 Å². The third-order valence-corrected chi connectivity index (χ3v) is 8.19. The number of hydrogen-bond acceptors (Lipinski definition) is 3. The van der Waals surface area contributed by atoms with E-state index in [0.717, 1.165) is 60.5 Å². The van der Waals surface area contributed by atoms with Gasteiger partial charge in [0.15, 0.2) is 0 Å². The van der Waals surface area contributed by atoms with Crippen LogP contribution in [0.4, 0.5) is 5.69 Å². The van der Waals surface area contributed by atoms with E-state index in [1.165, 1.54) is 5.56 Å². The van der Waals surface area contributed by atoms with Crippen LogP contribution in [0, 0.1) is 11.8 Å². The number of hydrogen-bond donors (Lipinski definition) is 1. The number of rotatable bonds is 5. The van der Waals surface area contributed by atoms with E-state index in [0.29, 0.717) is 24.4 Å². The largest absolute Gasteiger partial charge is 0.489 e. The van der Waals surface area contributed by atoms with Gasteiger partial charge in [0.05, 0.1) is 17.3 Å². The number of benzene rings is 3. The molecule has 4 heteroatoms. The molecule has 1 aliphatic carbocycles. The summed E-state index contributed by atoms with van der Waals surface area (Å²) in [5.41, 5.74) is 5.35. The first kappa shape index (κ1) is 22.9. The summed E-state index contributed by atoms with van der Waals surface area (Å²) >= 11 is 0. The topological polar surface area (TPSA) is 41.6 Å². The van der Waals surface area contributed by atoms with E-state index in [2.05, 4.69) is 66.9 Å². The Bertz CT molecular complexity index is 1260. The van der Waals surface area contributed by atoms with Crippen molar-refractivity contribution in [2.24, 2.45) is 11.8 Å². The molecule has 0 radical (unpaired) electrons. The van der Waals surface area contributed by atoms with Crippen LogP contribution in [0.5, 0.6) is 5.75 Å². The van der Waals surface area contributed by atoms with Gasteiger partial charge in [-0.05, 0) is 54.4 Å². The lowest BCUT2D eigenvalue weighted by molar-refractivity contribution is 0.0698. The van der Waals surface area contributed by atoms with Crippen molar-refractivity contribution in [2.75, 3.05) is 18.4 Å². The second kappa shape index (κ2) is 9.85. The summed E-state index contributed by atoms with van der Waals surface area (Å²) in [4.78, 5) is 15.7.